The second-order valence-corrected chi connectivity index (χ2v) is 4.29. The molecule has 0 spiro atoms. The fraction of sp³-hybridized carbons (Fsp3) is 1.00. The van der Waals surface area contributed by atoms with E-state index in [0.29, 0.717) is 6.54 Å². The molecule has 0 bridgehead atoms. The predicted molar refractivity (Wildman–Crippen MR) is 49.9 cm³/mol. The minimum absolute atomic E-state index is 0.447. The number of hydrogen-bond donors (Lipinski definition) is 2. The van der Waals surface area contributed by atoms with Crippen LogP contribution in [0.15, 0.2) is 0 Å². The Kier molecular flexibility index (Phi) is 2.47. The van der Waals surface area contributed by atoms with E-state index in [0.717, 1.165) is 19.4 Å². The Balaban J connectivity index is 2.72. The van der Waals surface area contributed by atoms with E-state index in [1.807, 2.05) is 20.9 Å². The number of β-amino-alcohol motifs (C(OH)–C–C–N with tert-alkyl or cyclic N) is 1. The van der Waals surface area contributed by atoms with Gasteiger partial charge in [0, 0.05) is 18.6 Å². The molecule has 3 nitrogen and oxygen atoms in total. The van der Waals surface area contributed by atoms with Crippen molar-refractivity contribution in [2.45, 2.75) is 37.8 Å². The molecular weight excluding hydrogens is 152 g/mol. The first-order valence-corrected chi connectivity index (χ1v) is 4.61. The van der Waals surface area contributed by atoms with Crippen LogP contribution in [-0.4, -0.2) is 41.3 Å². The van der Waals surface area contributed by atoms with Crippen molar-refractivity contribution in [3.8, 4) is 0 Å². The van der Waals surface area contributed by atoms with Gasteiger partial charge in [-0.1, -0.05) is 6.92 Å². The van der Waals surface area contributed by atoms with E-state index in [1.54, 1.807) is 0 Å². The van der Waals surface area contributed by atoms with Crippen LogP contribution in [0.4, 0.5) is 0 Å². The first kappa shape index (κ1) is 9.96. The fourth-order valence-electron chi connectivity index (χ4n) is 1.78. The molecule has 0 amide bonds. The van der Waals surface area contributed by atoms with Gasteiger partial charge in [-0.2, -0.15) is 0 Å². The quantitative estimate of drug-likeness (QED) is 0.625. The van der Waals surface area contributed by atoms with Crippen molar-refractivity contribution in [1.29, 1.82) is 0 Å². The van der Waals surface area contributed by atoms with E-state index >= 15 is 0 Å². The molecule has 0 aliphatic carbocycles. The van der Waals surface area contributed by atoms with Gasteiger partial charge in [0.2, 0.25) is 0 Å². The van der Waals surface area contributed by atoms with E-state index < -0.39 is 11.1 Å². The Morgan fingerprint density at radius 2 is 2.25 bits per heavy atom. The van der Waals surface area contributed by atoms with Crippen LogP contribution >= 0.6 is 0 Å². The molecule has 1 aliphatic rings. The van der Waals surface area contributed by atoms with Gasteiger partial charge in [0.05, 0.1) is 5.60 Å². The zero-order valence-electron chi connectivity index (χ0n) is 8.30. The summed E-state index contributed by atoms with van der Waals surface area (Å²) in [4.78, 5) is 2.13. The molecule has 3 N–H and O–H groups in total. The van der Waals surface area contributed by atoms with E-state index in [1.165, 1.54) is 0 Å². The average Bonchev–Trinajstić information content (AvgIpc) is 2.33. The Morgan fingerprint density at radius 1 is 1.67 bits per heavy atom. The summed E-state index contributed by atoms with van der Waals surface area (Å²) in [7, 11) is 2.02. The summed E-state index contributed by atoms with van der Waals surface area (Å²) in [5.41, 5.74) is 4.91. The molecule has 12 heavy (non-hydrogen) atoms. The van der Waals surface area contributed by atoms with Crippen LogP contribution < -0.4 is 5.73 Å². The molecule has 0 radical (unpaired) electrons. The lowest BCUT2D eigenvalue weighted by Crippen LogP contribution is -2.59. The highest BCUT2D eigenvalue weighted by atomic mass is 16.3. The third-order valence-corrected chi connectivity index (χ3v) is 3.24. The Bertz CT molecular complexity index is 170. The number of nitrogens with two attached hydrogens (primary N) is 1. The lowest BCUT2D eigenvalue weighted by Gasteiger charge is -2.38. The summed E-state index contributed by atoms with van der Waals surface area (Å²) in [5, 5.41) is 10.2. The monoisotopic (exact) mass is 172 g/mol. The first-order chi connectivity index (χ1) is 5.41. The smallest absolute Gasteiger partial charge is 0.0961 e. The predicted octanol–water partition coefficient (Wildman–Crippen LogP) is 0.180. The number of rotatable bonds is 2. The van der Waals surface area contributed by atoms with Crippen molar-refractivity contribution < 1.29 is 5.11 Å². The summed E-state index contributed by atoms with van der Waals surface area (Å²) in [6, 6.07) is 0. The SMILES string of the molecule is CCC(C)(N)C1(O)CCN(C)C1. The van der Waals surface area contributed by atoms with Gasteiger partial charge >= 0.3 is 0 Å². The Morgan fingerprint density at radius 3 is 2.58 bits per heavy atom. The van der Waals surface area contributed by atoms with Crippen LogP contribution in [0.5, 0.6) is 0 Å². The van der Waals surface area contributed by atoms with E-state index in [4.69, 9.17) is 5.73 Å². The maximum Gasteiger partial charge on any atom is 0.0961 e. The molecule has 0 aromatic heterocycles. The molecule has 0 aromatic carbocycles. The molecule has 0 aromatic rings. The molecule has 1 fully saturated rings. The topological polar surface area (TPSA) is 49.5 Å². The highest BCUT2D eigenvalue weighted by molar-refractivity contribution is 5.04. The number of nitrogens with zero attached hydrogens (tertiary/aromatic N) is 1. The normalized spacial score (nSPS) is 36.8. The van der Waals surface area contributed by atoms with E-state index in [2.05, 4.69) is 4.90 Å². The Hall–Kier alpha value is -0.120. The molecule has 72 valence electrons. The molecule has 1 heterocycles. The van der Waals surface area contributed by atoms with Crippen molar-refractivity contribution in [2.75, 3.05) is 20.1 Å². The van der Waals surface area contributed by atoms with Crippen LogP contribution in [0.25, 0.3) is 0 Å². The van der Waals surface area contributed by atoms with Gasteiger partial charge in [0.1, 0.15) is 0 Å². The van der Waals surface area contributed by atoms with Gasteiger partial charge in [-0.3, -0.25) is 0 Å². The molecule has 1 rings (SSSR count). The van der Waals surface area contributed by atoms with Crippen LogP contribution in [0, 0.1) is 0 Å². The molecule has 1 aliphatic heterocycles. The maximum atomic E-state index is 10.2. The number of likely N-dealkylation sites (N-methyl/N-ethyl adjacent to an activating group) is 1. The van der Waals surface area contributed by atoms with Gasteiger partial charge in [-0.15, -0.1) is 0 Å². The first-order valence-electron chi connectivity index (χ1n) is 4.61. The van der Waals surface area contributed by atoms with Crippen molar-refractivity contribution in [2.24, 2.45) is 5.73 Å². The third-order valence-electron chi connectivity index (χ3n) is 3.24. The van der Waals surface area contributed by atoms with E-state index in [9.17, 15) is 5.11 Å². The van der Waals surface area contributed by atoms with Crippen LogP contribution in [0.3, 0.4) is 0 Å². The van der Waals surface area contributed by atoms with Crippen molar-refractivity contribution in [3.05, 3.63) is 0 Å². The summed E-state index contributed by atoms with van der Waals surface area (Å²) in [6.45, 7) is 5.61. The van der Waals surface area contributed by atoms with Gasteiger partial charge in [0.25, 0.3) is 0 Å². The number of aliphatic hydroxyl groups is 1. The fourth-order valence-corrected chi connectivity index (χ4v) is 1.78. The van der Waals surface area contributed by atoms with Gasteiger partial charge in [0.15, 0.2) is 0 Å². The maximum absolute atomic E-state index is 10.2. The van der Waals surface area contributed by atoms with Gasteiger partial charge in [-0.25, -0.2) is 0 Å². The van der Waals surface area contributed by atoms with Gasteiger partial charge in [-0.05, 0) is 26.8 Å². The minimum atomic E-state index is -0.684. The summed E-state index contributed by atoms with van der Waals surface area (Å²) >= 11 is 0. The summed E-state index contributed by atoms with van der Waals surface area (Å²) in [6.07, 6.45) is 1.61. The molecular formula is C9H20N2O. The van der Waals surface area contributed by atoms with Gasteiger partial charge < -0.3 is 15.7 Å². The molecule has 1 saturated heterocycles. The molecule has 0 saturated carbocycles. The number of hydrogen-bond acceptors (Lipinski definition) is 3. The largest absolute Gasteiger partial charge is 0.387 e. The zero-order chi connectivity index (χ0) is 9.41. The standard InChI is InChI=1S/C9H20N2O/c1-4-8(2,10)9(12)5-6-11(3)7-9/h12H,4-7,10H2,1-3H3. The van der Waals surface area contributed by atoms with Crippen LogP contribution in [-0.2, 0) is 0 Å². The number of likely N-dealkylation sites (tertiary alicyclic amines) is 1. The summed E-state index contributed by atoms with van der Waals surface area (Å²) < 4.78 is 0. The third kappa shape index (κ3) is 1.49. The van der Waals surface area contributed by atoms with Crippen molar-refractivity contribution in [3.63, 3.8) is 0 Å². The highest BCUT2D eigenvalue weighted by Crippen LogP contribution is 2.31. The van der Waals surface area contributed by atoms with E-state index in [-0.39, 0.29) is 0 Å². The zero-order valence-corrected chi connectivity index (χ0v) is 8.30. The molecule has 3 heteroatoms. The van der Waals surface area contributed by atoms with Crippen molar-refractivity contribution in [1.82, 2.24) is 4.90 Å². The second-order valence-electron chi connectivity index (χ2n) is 4.29. The van der Waals surface area contributed by atoms with Crippen LogP contribution in [0.2, 0.25) is 0 Å². The van der Waals surface area contributed by atoms with Crippen LogP contribution in [0.1, 0.15) is 26.7 Å². The minimum Gasteiger partial charge on any atom is -0.387 e. The molecule has 2 atom stereocenters. The summed E-state index contributed by atoms with van der Waals surface area (Å²) in [5.74, 6) is 0. The lowest BCUT2D eigenvalue weighted by atomic mass is 9.79. The molecule has 2 unspecified atom stereocenters. The van der Waals surface area contributed by atoms with Crippen molar-refractivity contribution >= 4 is 0 Å². The lowest BCUT2D eigenvalue weighted by molar-refractivity contribution is -0.0192. The average molecular weight is 172 g/mol. The Labute approximate surface area is 74.5 Å². The highest BCUT2D eigenvalue weighted by Gasteiger charge is 2.46. The second kappa shape index (κ2) is 2.98.